The molecule has 0 bridgehead atoms. The Kier molecular flexibility index (Phi) is 3.56. The number of aromatic nitrogens is 2. The maximum absolute atomic E-state index is 8.67. The van der Waals surface area contributed by atoms with Crippen LogP contribution in [-0.4, -0.2) is 23.3 Å². The number of H-pyrrole nitrogens is 1. The van der Waals surface area contributed by atoms with Gasteiger partial charge in [-0.1, -0.05) is 12.1 Å². The zero-order chi connectivity index (χ0) is 9.68. The molecule has 0 unspecified atom stereocenters. The predicted molar refractivity (Wildman–Crippen MR) is 49.5 cm³/mol. The molecule has 2 rings (SSSR count). The first-order valence-electron chi connectivity index (χ1n) is 3.38. The molecule has 0 fully saturated rings. The number of fused-ring (bicyclic) bond motifs is 1. The Hall–Kier alpha value is -1.24. The van der Waals surface area contributed by atoms with E-state index in [9.17, 15) is 0 Å². The Morgan fingerprint density at radius 3 is 2.54 bits per heavy atom. The third-order valence-corrected chi connectivity index (χ3v) is 1.33. The maximum atomic E-state index is 8.67. The highest BCUT2D eigenvalue weighted by atomic mass is 32.2. The number of benzene rings is 1. The fraction of sp³-hybridized carbons (Fsp3) is 0. The molecule has 5 nitrogen and oxygen atoms in total. The van der Waals surface area contributed by atoms with Crippen LogP contribution in [0.1, 0.15) is 0 Å². The fourth-order valence-electron chi connectivity index (χ4n) is 0.880. The van der Waals surface area contributed by atoms with E-state index in [1.807, 2.05) is 24.3 Å². The van der Waals surface area contributed by atoms with Crippen molar-refractivity contribution in [3.05, 3.63) is 30.6 Å². The van der Waals surface area contributed by atoms with E-state index in [2.05, 4.69) is 9.97 Å². The van der Waals surface area contributed by atoms with E-state index in [-0.39, 0.29) is 0 Å². The minimum absolute atomic E-state index is 1.03. The summed E-state index contributed by atoms with van der Waals surface area (Å²) in [6.07, 6.45) is 1.70. The van der Waals surface area contributed by atoms with Gasteiger partial charge in [-0.25, -0.2) is 4.98 Å². The van der Waals surface area contributed by atoms with E-state index in [0.29, 0.717) is 0 Å². The Morgan fingerprint density at radius 1 is 1.31 bits per heavy atom. The third kappa shape index (κ3) is 3.32. The van der Waals surface area contributed by atoms with Gasteiger partial charge < -0.3 is 4.98 Å². The van der Waals surface area contributed by atoms with Crippen molar-refractivity contribution < 1.29 is 13.3 Å². The van der Waals surface area contributed by atoms with Crippen LogP contribution >= 0.6 is 0 Å². The SMILES string of the molecule is O=S(O)O.c1ccc2[nH]cnc2c1. The van der Waals surface area contributed by atoms with Crippen molar-refractivity contribution in [2.24, 2.45) is 0 Å². The number of rotatable bonds is 0. The Morgan fingerprint density at radius 2 is 1.92 bits per heavy atom. The molecule has 0 amide bonds. The van der Waals surface area contributed by atoms with Crippen molar-refractivity contribution in [2.75, 3.05) is 0 Å². The van der Waals surface area contributed by atoms with Gasteiger partial charge in [0.05, 0.1) is 17.4 Å². The van der Waals surface area contributed by atoms with Crippen LogP contribution in [0.15, 0.2) is 30.6 Å². The molecular weight excluding hydrogens is 192 g/mol. The molecule has 0 radical (unpaired) electrons. The normalized spacial score (nSPS) is 9.77. The van der Waals surface area contributed by atoms with E-state index in [1.54, 1.807) is 6.33 Å². The summed E-state index contributed by atoms with van der Waals surface area (Å²) in [6.45, 7) is 0. The molecule has 13 heavy (non-hydrogen) atoms. The molecule has 3 N–H and O–H groups in total. The van der Waals surface area contributed by atoms with Crippen LogP contribution in [0.5, 0.6) is 0 Å². The van der Waals surface area contributed by atoms with Gasteiger partial charge in [-0.3, -0.25) is 9.11 Å². The minimum atomic E-state index is -2.61. The Balaban J connectivity index is 0.000000184. The van der Waals surface area contributed by atoms with E-state index in [4.69, 9.17) is 13.3 Å². The van der Waals surface area contributed by atoms with Crippen LogP contribution in [-0.2, 0) is 11.4 Å². The predicted octanol–water partition coefficient (Wildman–Crippen LogP) is 1.24. The number of imidazole rings is 1. The summed E-state index contributed by atoms with van der Waals surface area (Å²) < 4.78 is 22.8. The van der Waals surface area contributed by atoms with Gasteiger partial charge in [0.25, 0.3) is 11.4 Å². The highest BCUT2D eigenvalue weighted by Gasteiger charge is 1.88. The van der Waals surface area contributed by atoms with Crippen LogP contribution in [0.2, 0.25) is 0 Å². The second kappa shape index (κ2) is 4.70. The van der Waals surface area contributed by atoms with E-state index in [1.165, 1.54) is 0 Å². The molecule has 6 heteroatoms. The van der Waals surface area contributed by atoms with Crippen LogP contribution in [0, 0.1) is 0 Å². The summed E-state index contributed by atoms with van der Waals surface area (Å²) in [6, 6.07) is 7.94. The molecular formula is C7H8N2O3S. The maximum Gasteiger partial charge on any atom is 0.299 e. The summed E-state index contributed by atoms with van der Waals surface area (Å²) in [5.74, 6) is 0. The highest BCUT2D eigenvalue weighted by Crippen LogP contribution is 2.05. The topological polar surface area (TPSA) is 86.2 Å². The molecule has 0 saturated heterocycles. The molecule has 0 aliphatic heterocycles. The first-order chi connectivity index (χ1) is 6.20. The van der Waals surface area contributed by atoms with Crippen LogP contribution in [0.4, 0.5) is 0 Å². The second-order valence-electron chi connectivity index (χ2n) is 2.15. The molecule has 0 saturated carbocycles. The highest BCUT2D eigenvalue weighted by molar-refractivity contribution is 7.73. The monoisotopic (exact) mass is 200 g/mol. The summed E-state index contributed by atoms with van der Waals surface area (Å²) in [7, 11) is 0. The second-order valence-corrected chi connectivity index (χ2v) is 2.61. The van der Waals surface area contributed by atoms with Gasteiger partial charge in [-0.05, 0) is 12.1 Å². The number of nitrogens with zero attached hydrogens (tertiary/aromatic N) is 1. The quantitative estimate of drug-likeness (QED) is 0.558. The number of para-hydroxylation sites is 2. The number of aromatic amines is 1. The van der Waals surface area contributed by atoms with Gasteiger partial charge in [0.15, 0.2) is 0 Å². The number of hydrogen-bond donors (Lipinski definition) is 3. The largest absolute Gasteiger partial charge is 0.345 e. The molecule has 0 aliphatic rings. The molecule has 2 aromatic rings. The van der Waals surface area contributed by atoms with Gasteiger partial charge in [-0.15, -0.1) is 0 Å². The summed E-state index contributed by atoms with van der Waals surface area (Å²) in [5.41, 5.74) is 2.12. The molecule has 0 spiro atoms. The van der Waals surface area contributed by atoms with Gasteiger partial charge in [0.2, 0.25) is 0 Å². The molecule has 0 atom stereocenters. The van der Waals surface area contributed by atoms with Gasteiger partial charge in [-0.2, -0.15) is 4.21 Å². The van der Waals surface area contributed by atoms with Gasteiger partial charge in [0.1, 0.15) is 0 Å². The van der Waals surface area contributed by atoms with Crippen molar-refractivity contribution >= 4 is 22.4 Å². The fourth-order valence-corrected chi connectivity index (χ4v) is 0.880. The van der Waals surface area contributed by atoms with Crippen LogP contribution in [0.3, 0.4) is 0 Å². The lowest BCUT2D eigenvalue weighted by Crippen LogP contribution is -1.74. The average Bonchev–Trinajstić information content (AvgIpc) is 2.49. The van der Waals surface area contributed by atoms with Crippen molar-refractivity contribution in [3.63, 3.8) is 0 Å². The zero-order valence-electron chi connectivity index (χ0n) is 6.54. The lowest BCUT2D eigenvalue weighted by molar-refractivity contribution is 0.454. The Bertz CT molecular complexity index is 367. The molecule has 1 aromatic carbocycles. The lowest BCUT2D eigenvalue weighted by Gasteiger charge is -1.81. The molecule has 1 heterocycles. The van der Waals surface area contributed by atoms with Crippen molar-refractivity contribution in [1.82, 2.24) is 9.97 Å². The molecule has 70 valence electrons. The van der Waals surface area contributed by atoms with Gasteiger partial charge >= 0.3 is 0 Å². The zero-order valence-corrected chi connectivity index (χ0v) is 7.36. The van der Waals surface area contributed by atoms with E-state index >= 15 is 0 Å². The minimum Gasteiger partial charge on any atom is -0.345 e. The average molecular weight is 200 g/mol. The van der Waals surface area contributed by atoms with E-state index < -0.39 is 11.4 Å². The standard InChI is InChI=1S/C7H6N2.H2O3S/c1-2-4-7-6(3-1)8-5-9-7;1-4(2)3/h1-5H,(H,8,9);(H2,1,2,3). The molecule has 0 aliphatic carbocycles. The summed E-state index contributed by atoms with van der Waals surface area (Å²) in [5, 5.41) is 0. The van der Waals surface area contributed by atoms with Crippen molar-refractivity contribution in [2.45, 2.75) is 0 Å². The van der Waals surface area contributed by atoms with Crippen LogP contribution in [0.25, 0.3) is 11.0 Å². The number of nitrogens with one attached hydrogen (secondary N) is 1. The lowest BCUT2D eigenvalue weighted by atomic mass is 10.3. The summed E-state index contributed by atoms with van der Waals surface area (Å²) in [4.78, 5) is 7.07. The first-order valence-corrected chi connectivity index (χ1v) is 4.44. The summed E-state index contributed by atoms with van der Waals surface area (Å²) >= 11 is -2.61. The smallest absolute Gasteiger partial charge is 0.299 e. The Labute approximate surface area is 76.9 Å². The number of hydrogen-bond acceptors (Lipinski definition) is 2. The van der Waals surface area contributed by atoms with E-state index in [0.717, 1.165) is 11.0 Å². The van der Waals surface area contributed by atoms with Crippen LogP contribution < -0.4 is 0 Å². The van der Waals surface area contributed by atoms with Crippen molar-refractivity contribution in [3.8, 4) is 0 Å². The third-order valence-electron chi connectivity index (χ3n) is 1.33. The first kappa shape index (κ1) is 9.85. The van der Waals surface area contributed by atoms with Crippen molar-refractivity contribution in [1.29, 1.82) is 0 Å². The van der Waals surface area contributed by atoms with Gasteiger partial charge in [0, 0.05) is 0 Å². The molecule has 1 aromatic heterocycles.